The third kappa shape index (κ3) is 3.16. The van der Waals surface area contributed by atoms with Crippen LogP contribution in [0, 0.1) is 13.8 Å². The van der Waals surface area contributed by atoms with E-state index in [2.05, 4.69) is 10.1 Å². The van der Waals surface area contributed by atoms with Crippen LogP contribution in [-0.2, 0) is 0 Å². The third-order valence-electron chi connectivity index (χ3n) is 4.95. The maximum absolute atomic E-state index is 13.0. The molecule has 3 heterocycles. The lowest BCUT2D eigenvalue weighted by atomic mass is 10.1. The molecule has 1 saturated heterocycles. The van der Waals surface area contributed by atoms with Gasteiger partial charge >= 0.3 is 0 Å². The minimum Gasteiger partial charge on any atom is -0.335 e. The maximum Gasteiger partial charge on any atom is 0.257 e. The number of carbonyl (C=O) groups is 2. The Morgan fingerprint density at radius 2 is 1.56 bits per heavy atom. The summed E-state index contributed by atoms with van der Waals surface area (Å²) in [5, 5.41) is 4.40. The molecule has 3 aromatic rings. The summed E-state index contributed by atoms with van der Waals surface area (Å²) in [5.41, 5.74) is 3.61. The predicted molar refractivity (Wildman–Crippen MR) is 101 cm³/mol. The van der Waals surface area contributed by atoms with E-state index in [1.807, 2.05) is 50.2 Å². The van der Waals surface area contributed by atoms with Crippen molar-refractivity contribution >= 4 is 17.5 Å². The van der Waals surface area contributed by atoms with Crippen molar-refractivity contribution in [2.75, 3.05) is 26.2 Å². The number of aryl methyl sites for hydroxylation is 2. The van der Waals surface area contributed by atoms with Crippen LogP contribution >= 0.6 is 0 Å². The topological polar surface area (TPSA) is 70.8 Å². The summed E-state index contributed by atoms with van der Waals surface area (Å²) in [6.45, 7) is 5.84. The minimum atomic E-state index is -0.0677. The van der Waals surface area contributed by atoms with Gasteiger partial charge in [-0.1, -0.05) is 18.2 Å². The molecule has 0 spiro atoms. The number of nitrogens with zero attached hydrogens (tertiary/aromatic N) is 5. The molecule has 1 aliphatic rings. The lowest BCUT2D eigenvalue weighted by Crippen LogP contribution is -2.50. The SMILES string of the molecule is Cc1cc2ncc(C(=O)N3CCN(C(=O)c4ccccc4)CC3)c(C)n2n1. The zero-order valence-electron chi connectivity index (χ0n) is 15.4. The molecule has 2 amide bonds. The van der Waals surface area contributed by atoms with Crippen LogP contribution in [-0.4, -0.2) is 62.4 Å². The van der Waals surface area contributed by atoms with Gasteiger partial charge in [-0.25, -0.2) is 9.50 Å². The molecule has 0 unspecified atom stereocenters. The van der Waals surface area contributed by atoms with Crippen LogP contribution in [0.2, 0.25) is 0 Å². The Balaban J connectivity index is 1.47. The van der Waals surface area contributed by atoms with Gasteiger partial charge in [-0.2, -0.15) is 5.10 Å². The van der Waals surface area contributed by atoms with Crippen molar-refractivity contribution < 1.29 is 9.59 Å². The smallest absolute Gasteiger partial charge is 0.257 e. The maximum atomic E-state index is 13.0. The van der Waals surface area contributed by atoms with E-state index in [1.165, 1.54) is 0 Å². The van der Waals surface area contributed by atoms with Crippen LogP contribution < -0.4 is 0 Å². The molecular weight excluding hydrogens is 342 g/mol. The van der Waals surface area contributed by atoms with Crippen molar-refractivity contribution in [3.8, 4) is 0 Å². The van der Waals surface area contributed by atoms with E-state index in [9.17, 15) is 9.59 Å². The Kier molecular flexibility index (Phi) is 4.35. The molecule has 138 valence electrons. The summed E-state index contributed by atoms with van der Waals surface area (Å²) in [6.07, 6.45) is 1.62. The molecule has 2 aromatic heterocycles. The molecule has 0 radical (unpaired) electrons. The standard InChI is InChI=1S/C20H21N5O2/c1-14-12-18-21-13-17(15(2)25(18)22-14)20(27)24-10-8-23(9-11-24)19(26)16-6-4-3-5-7-16/h3-7,12-13H,8-11H2,1-2H3. The van der Waals surface area contributed by atoms with E-state index in [-0.39, 0.29) is 11.8 Å². The number of rotatable bonds is 2. The van der Waals surface area contributed by atoms with Gasteiger partial charge in [0.2, 0.25) is 0 Å². The molecule has 0 N–H and O–H groups in total. The molecule has 0 saturated carbocycles. The van der Waals surface area contributed by atoms with Crippen molar-refractivity contribution in [2.45, 2.75) is 13.8 Å². The van der Waals surface area contributed by atoms with Gasteiger partial charge in [0, 0.05) is 44.0 Å². The molecule has 0 aliphatic carbocycles. The minimum absolute atomic E-state index is 0.00832. The second-order valence-electron chi connectivity index (χ2n) is 6.76. The fourth-order valence-corrected chi connectivity index (χ4v) is 3.42. The average molecular weight is 363 g/mol. The van der Waals surface area contributed by atoms with Crippen LogP contribution in [0.4, 0.5) is 0 Å². The Labute approximate surface area is 157 Å². The second kappa shape index (κ2) is 6.83. The Bertz CT molecular complexity index is 1000. The predicted octanol–water partition coefficient (Wildman–Crippen LogP) is 1.94. The van der Waals surface area contributed by atoms with Gasteiger partial charge in [-0.05, 0) is 26.0 Å². The molecule has 27 heavy (non-hydrogen) atoms. The van der Waals surface area contributed by atoms with Crippen LogP contribution in [0.15, 0.2) is 42.6 Å². The van der Waals surface area contributed by atoms with Crippen molar-refractivity contribution in [1.29, 1.82) is 0 Å². The normalized spacial score (nSPS) is 14.6. The molecule has 7 heteroatoms. The highest BCUT2D eigenvalue weighted by molar-refractivity contribution is 5.96. The first kappa shape index (κ1) is 17.2. The quantitative estimate of drug-likeness (QED) is 0.698. The second-order valence-corrected chi connectivity index (χ2v) is 6.76. The van der Waals surface area contributed by atoms with Gasteiger partial charge in [0.1, 0.15) is 0 Å². The number of amides is 2. The first-order valence-corrected chi connectivity index (χ1v) is 9.00. The molecule has 0 bridgehead atoms. The number of piperazine rings is 1. The lowest BCUT2D eigenvalue weighted by Gasteiger charge is -2.35. The van der Waals surface area contributed by atoms with Crippen LogP contribution in [0.3, 0.4) is 0 Å². The number of carbonyl (C=O) groups excluding carboxylic acids is 2. The Morgan fingerprint density at radius 3 is 2.22 bits per heavy atom. The van der Waals surface area contributed by atoms with Crippen molar-refractivity contribution in [1.82, 2.24) is 24.4 Å². The Hall–Kier alpha value is -3.22. The molecular formula is C20H21N5O2. The first-order valence-electron chi connectivity index (χ1n) is 9.00. The van der Waals surface area contributed by atoms with Crippen LogP contribution in [0.5, 0.6) is 0 Å². The van der Waals surface area contributed by atoms with E-state index >= 15 is 0 Å². The van der Waals surface area contributed by atoms with Crippen LogP contribution in [0.25, 0.3) is 5.65 Å². The third-order valence-corrected chi connectivity index (χ3v) is 4.95. The summed E-state index contributed by atoms with van der Waals surface area (Å²) >= 11 is 0. The summed E-state index contributed by atoms with van der Waals surface area (Å²) in [7, 11) is 0. The molecule has 0 atom stereocenters. The fourth-order valence-electron chi connectivity index (χ4n) is 3.42. The molecule has 1 fully saturated rings. The van der Waals surface area contributed by atoms with Gasteiger partial charge in [-0.15, -0.1) is 0 Å². The van der Waals surface area contributed by atoms with Crippen molar-refractivity contribution in [3.05, 3.63) is 65.1 Å². The zero-order chi connectivity index (χ0) is 19.0. The number of fused-ring (bicyclic) bond motifs is 1. The summed E-state index contributed by atoms with van der Waals surface area (Å²) in [5.74, 6) is -0.0594. The summed E-state index contributed by atoms with van der Waals surface area (Å²) in [6, 6.07) is 11.1. The average Bonchev–Trinajstić information content (AvgIpc) is 3.09. The highest BCUT2D eigenvalue weighted by atomic mass is 16.2. The molecule has 1 aromatic carbocycles. The number of benzene rings is 1. The molecule has 7 nitrogen and oxygen atoms in total. The van der Waals surface area contributed by atoms with E-state index < -0.39 is 0 Å². The van der Waals surface area contributed by atoms with E-state index in [0.29, 0.717) is 37.3 Å². The number of hydrogen-bond acceptors (Lipinski definition) is 4. The monoisotopic (exact) mass is 363 g/mol. The van der Waals surface area contributed by atoms with E-state index in [1.54, 1.807) is 20.5 Å². The van der Waals surface area contributed by atoms with E-state index in [4.69, 9.17) is 0 Å². The van der Waals surface area contributed by atoms with E-state index in [0.717, 1.165) is 17.0 Å². The molecule has 1 aliphatic heterocycles. The zero-order valence-corrected chi connectivity index (χ0v) is 15.4. The largest absolute Gasteiger partial charge is 0.335 e. The van der Waals surface area contributed by atoms with Gasteiger partial charge in [0.15, 0.2) is 5.65 Å². The fraction of sp³-hybridized carbons (Fsp3) is 0.300. The van der Waals surface area contributed by atoms with Gasteiger partial charge in [0.05, 0.1) is 17.0 Å². The summed E-state index contributed by atoms with van der Waals surface area (Å²) in [4.78, 5) is 33.4. The molecule has 4 rings (SSSR count). The highest BCUT2D eigenvalue weighted by Gasteiger charge is 2.27. The van der Waals surface area contributed by atoms with Crippen LogP contribution in [0.1, 0.15) is 32.1 Å². The van der Waals surface area contributed by atoms with Crippen molar-refractivity contribution in [2.24, 2.45) is 0 Å². The van der Waals surface area contributed by atoms with Gasteiger partial charge < -0.3 is 9.80 Å². The van der Waals surface area contributed by atoms with Gasteiger partial charge in [-0.3, -0.25) is 9.59 Å². The first-order chi connectivity index (χ1) is 13.0. The highest BCUT2D eigenvalue weighted by Crippen LogP contribution is 2.15. The lowest BCUT2D eigenvalue weighted by molar-refractivity contribution is 0.0534. The number of hydrogen-bond donors (Lipinski definition) is 0. The number of aromatic nitrogens is 3. The summed E-state index contributed by atoms with van der Waals surface area (Å²) < 4.78 is 1.71. The van der Waals surface area contributed by atoms with Crippen molar-refractivity contribution in [3.63, 3.8) is 0 Å². The van der Waals surface area contributed by atoms with Gasteiger partial charge in [0.25, 0.3) is 11.8 Å². The Morgan fingerprint density at radius 1 is 0.926 bits per heavy atom.